The highest BCUT2D eigenvalue weighted by Gasteiger charge is 2.64. The maximum Gasteiger partial charge on any atom is 0.156 e. The molecule has 6 atom stereocenters. The summed E-state index contributed by atoms with van der Waals surface area (Å²) < 4.78 is 0. The topological polar surface area (TPSA) is 34.1 Å². The zero-order chi connectivity index (χ0) is 18.0. The van der Waals surface area contributed by atoms with E-state index < -0.39 is 5.41 Å². The van der Waals surface area contributed by atoms with E-state index in [1.807, 2.05) is 6.08 Å². The first-order chi connectivity index (χ1) is 11.8. The van der Waals surface area contributed by atoms with Gasteiger partial charge in [0, 0.05) is 6.42 Å². The molecule has 0 unspecified atom stereocenters. The minimum absolute atomic E-state index is 0.0826. The minimum Gasteiger partial charge on any atom is -0.298 e. The lowest BCUT2D eigenvalue weighted by Crippen LogP contribution is -2.51. The summed E-state index contributed by atoms with van der Waals surface area (Å²) in [4.78, 5) is 24.4. The molecule has 3 fully saturated rings. The molecule has 4 aliphatic rings. The van der Waals surface area contributed by atoms with Crippen LogP contribution in [0.3, 0.4) is 0 Å². The highest BCUT2D eigenvalue weighted by molar-refractivity contribution is 5.92. The van der Waals surface area contributed by atoms with Crippen LogP contribution in [-0.4, -0.2) is 11.6 Å². The van der Waals surface area contributed by atoms with E-state index in [4.69, 9.17) is 6.42 Å². The predicted octanol–water partition coefficient (Wildman–Crippen LogP) is 4.50. The number of hydrogen-bond donors (Lipinski definition) is 0. The number of carbonyl (C=O) groups is 2. The van der Waals surface area contributed by atoms with Crippen LogP contribution in [0.5, 0.6) is 0 Å². The number of Topliss-reactive ketones (excluding diaryl/α,β-unsaturated/α-hetero) is 1. The van der Waals surface area contributed by atoms with Crippen molar-refractivity contribution >= 4 is 11.6 Å². The van der Waals surface area contributed by atoms with E-state index in [0.29, 0.717) is 30.1 Å². The molecule has 3 saturated carbocycles. The van der Waals surface area contributed by atoms with Gasteiger partial charge in [-0.15, -0.1) is 6.42 Å². The first-order valence-electron chi connectivity index (χ1n) is 9.75. The highest BCUT2D eigenvalue weighted by Crippen LogP contribution is 2.68. The Hall–Kier alpha value is -1.62. The van der Waals surface area contributed by atoms with Crippen molar-refractivity contribution in [3.05, 3.63) is 23.8 Å². The van der Waals surface area contributed by atoms with Gasteiger partial charge in [-0.25, -0.2) is 0 Å². The highest BCUT2D eigenvalue weighted by atomic mass is 16.1. The summed E-state index contributed by atoms with van der Waals surface area (Å²) in [7, 11) is 0. The molecule has 2 heteroatoms. The third kappa shape index (κ3) is 2.05. The minimum atomic E-state index is -0.581. The van der Waals surface area contributed by atoms with Crippen LogP contribution in [0.1, 0.15) is 58.8 Å². The first-order valence-corrected chi connectivity index (χ1v) is 9.75. The van der Waals surface area contributed by atoms with Crippen molar-refractivity contribution in [1.29, 1.82) is 0 Å². The van der Waals surface area contributed by atoms with Gasteiger partial charge in [0.1, 0.15) is 5.78 Å². The van der Waals surface area contributed by atoms with Crippen molar-refractivity contribution in [1.82, 2.24) is 0 Å². The lowest BCUT2D eigenvalue weighted by Gasteiger charge is -2.55. The summed E-state index contributed by atoms with van der Waals surface area (Å²) in [5.74, 6) is 5.58. The van der Waals surface area contributed by atoms with Crippen molar-refractivity contribution in [3.63, 3.8) is 0 Å². The molecule has 0 amide bonds. The van der Waals surface area contributed by atoms with Crippen LogP contribution in [0.2, 0.25) is 0 Å². The molecule has 0 aromatic carbocycles. The molecule has 25 heavy (non-hydrogen) atoms. The second kappa shape index (κ2) is 5.44. The molecule has 0 N–H and O–H groups in total. The maximum absolute atomic E-state index is 12.5. The van der Waals surface area contributed by atoms with Crippen LogP contribution in [0.15, 0.2) is 23.8 Å². The Labute approximate surface area is 151 Å². The van der Waals surface area contributed by atoms with Crippen LogP contribution in [0.4, 0.5) is 0 Å². The molecule has 0 radical (unpaired) electrons. The third-order valence-corrected chi connectivity index (χ3v) is 8.36. The molecule has 0 heterocycles. The van der Waals surface area contributed by atoms with Gasteiger partial charge < -0.3 is 0 Å². The van der Waals surface area contributed by atoms with E-state index in [1.165, 1.54) is 5.57 Å². The largest absolute Gasteiger partial charge is 0.298 e. The van der Waals surface area contributed by atoms with Crippen LogP contribution in [-0.2, 0) is 9.59 Å². The van der Waals surface area contributed by atoms with Crippen molar-refractivity contribution in [2.75, 3.05) is 0 Å². The number of carbonyl (C=O) groups excluding carboxylic acids is 2. The zero-order valence-electron chi connectivity index (χ0n) is 15.4. The number of rotatable bonds is 1. The standard InChI is InChI=1S/C23H28O2/c1-5-23(15(3)24)11-9-21-20-12-14(2)19-13-16(25)6-7-17(19)18(20)8-10-22(21,23)4/h1,13,17-18,20-21H,2,6-12H2,3-4H3/t17-,18-,20-,21+,22+,23-/m1/s1. The Balaban J connectivity index is 1.72. The normalized spacial score (nSPS) is 45.7. The van der Waals surface area contributed by atoms with E-state index in [-0.39, 0.29) is 17.0 Å². The fraction of sp³-hybridized carbons (Fsp3) is 0.652. The molecule has 0 aliphatic heterocycles. The van der Waals surface area contributed by atoms with E-state index in [1.54, 1.807) is 6.92 Å². The quantitative estimate of drug-likeness (QED) is 0.661. The fourth-order valence-corrected chi connectivity index (χ4v) is 7.08. The second-order valence-corrected chi connectivity index (χ2v) is 9.05. The fourth-order valence-electron chi connectivity index (χ4n) is 7.08. The van der Waals surface area contributed by atoms with E-state index in [9.17, 15) is 9.59 Å². The number of hydrogen-bond acceptors (Lipinski definition) is 2. The molecule has 0 saturated heterocycles. The first kappa shape index (κ1) is 16.8. The van der Waals surface area contributed by atoms with E-state index >= 15 is 0 Å². The Morgan fingerprint density at radius 2 is 2.04 bits per heavy atom. The summed E-state index contributed by atoms with van der Waals surface area (Å²) in [5.41, 5.74) is 1.72. The maximum atomic E-state index is 12.5. The molecule has 0 spiro atoms. The van der Waals surface area contributed by atoms with Crippen molar-refractivity contribution < 1.29 is 9.59 Å². The summed E-state index contributed by atoms with van der Waals surface area (Å²) in [6, 6.07) is 0. The number of fused-ring (bicyclic) bond motifs is 5. The van der Waals surface area contributed by atoms with Gasteiger partial charge in [0.25, 0.3) is 0 Å². The molecule has 132 valence electrons. The average molecular weight is 336 g/mol. The summed E-state index contributed by atoms with van der Waals surface area (Å²) in [5, 5.41) is 0. The molecule has 0 aromatic rings. The number of terminal acetylenes is 1. The summed E-state index contributed by atoms with van der Waals surface area (Å²) in [6.45, 7) is 8.29. The van der Waals surface area contributed by atoms with Crippen molar-refractivity contribution in [3.8, 4) is 12.3 Å². The van der Waals surface area contributed by atoms with Gasteiger partial charge in [-0.2, -0.15) is 0 Å². The molecule has 0 bridgehead atoms. The summed E-state index contributed by atoms with van der Waals surface area (Å²) >= 11 is 0. The molecular weight excluding hydrogens is 308 g/mol. The summed E-state index contributed by atoms with van der Waals surface area (Å²) in [6.07, 6.45) is 14.5. The van der Waals surface area contributed by atoms with Gasteiger partial charge in [-0.3, -0.25) is 9.59 Å². The van der Waals surface area contributed by atoms with Gasteiger partial charge >= 0.3 is 0 Å². The second-order valence-electron chi connectivity index (χ2n) is 9.05. The van der Waals surface area contributed by atoms with Gasteiger partial charge in [0.2, 0.25) is 0 Å². The molecule has 0 aromatic heterocycles. The van der Waals surface area contributed by atoms with Gasteiger partial charge in [0.05, 0.1) is 5.41 Å². The molecule has 4 rings (SSSR count). The monoisotopic (exact) mass is 336 g/mol. The number of ketones is 2. The lowest BCUT2D eigenvalue weighted by atomic mass is 9.48. The van der Waals surface area contributed by atoms with E-state index in [0.717, 1.165) is 44.1 Å². The third-order valence-electron chi connectivity index (χ3n) is 8.36. The van der Waals surface area contributed by atoms with Crippen LogP contribution < -0.4 is 0 Å². The Morgan fingerprint density at radius 1 is 1.28 bits per heavy atom. The van der Waals surface area contributed by atoms with Crippen molar-refractivity contribution in [2.45, 2.75) is 58.8 Å². The van der Waals surface area contributed by atoms with Crippen LogP contribution in [0.25, 0.3) is 0 Å². The van der Waals surface area contributed by atoms with Crippen LogP contribution in [0, 0.1) is 46.8 Å². The van der Waals surface area contributed by atoms with Gasteiger partial charge in [-0.1, -0.05) is 25.0 Å². The SMILES string of the molecule is C#C[C@]1(C(C)=O)CC[C@H]2[C@@H]3CC(=C)C4=CC(=O)CC[C@@H]4[C@H]3CC[C@@]21C. The van der Waals surface area contributed by atoms with Crippen LogP contribution >= 0.6 is 0 Å². The smallest absolute Gasteiger partial charge is 0.156 e. The van der Waals surface area contributed by atoms with Crippen molar-refractivity contribution in [2.24, 2.45) is 34.5 Å². The molecule has 4 aliphatic carbocycles. The average Bonchev–Trinajstić information content (AvgIpc) is 2.89. The lowest BCUT2D eigenvalue weighted by molar-refractivity contribution is -0.132. The van der Waals surface area contributed by atoms with Gasteiger partial charge in [0.15, 0.2) is 5.78 Å². The Bertz CT molecular complexity index is 736. The zero-order valence-corrected chi connectivity index (χ0v) is 15.4. The number of allylic oxidation sites excluding steroid dienone is 2. The molecular formula is C23H28O2. The molecule has 2 nitrogen and oxygen atoms in total. The van der Waals surface area contributed by atoms with Gasteiger partial charge in [-0.05, 0) is 86.2 Å². The predicted molar refractivity (Wildman–Crippen MR) is 98.6 cm³/mol. The Morgan fingerprint density at radius 3 is 2.72 bits per heavy atom. The van der Waals surface area contributed by atoms with E-state index in [2.05, 4.69) is 19.4 Å². The Kier molecular flexibility index (Phi) is 3.66.